The average molecular weight is 276 g/mol. The molecule has 3 aromatic rings. The van der Waals surface area contributed by atoms with E-state index in [-0.39, 0.29) is 0 Å². The number of aromatic nitrogens is 3. The molecule has 4 rings (SSSR count). The molecule has 0 aliphatic carbocycles. The quantitative estimate of drug-likeness (QED) is 0.732. The number of anilines is 1. The molecule has 1 aliphatic rings. The summed E-state index contributed by atoms with van der Waals surface area (Å²) >= 11 is 0. The molecule has 0 atom stereocenters. The van der Waals surface area contributed by atoms with Crippen molar-refractivity contribution in [2.24, 2.45) is 0 Å². The molecule has 104 valence electrons. The lowest BCUT2D eigenvalue weighted by atomic mass is 10.00. The lowest BCUT2D eigenvalue weighted by molar-refractivity contribution is 0.651. The molecule has 0 spiro atoms. The maximum atomic E-state index is 5.91. The van der Waals surface area contributed by atoms with Crippen molar-refractivity contribution in [3.8, 4) is 11.4 Å². The van der Waals surface area contributed by atoms with Gasteiger partial charge in [-0.15, -0.1) is 10.2 Å². The van der Waals surface area contributed by atoms with Crippen molar-refractivity contribution in [2.45, 2.75) is 19.4 Å². The molecule has 0 amide bonds. The van der Waals surface area contributed by atoms with Crippen molar-refractivity contribution in [1.29, 1.82) is 0 Å². The van der Waals surface area contributed by atoms with Crippen molar-refractivity contribution >= 4 is 5.69 Å². The summed E-state index contributed by atoms with van der Waals surface area (Å²) in [5.74, 6) is 1.96. The summed E-state index contributed by atoms with van der Waals surface area (Å²) in [6, 6.07) is 16.4. The SMILES string of the molecule is Nc1ccc2c(c1)-c1nnc(Cc3ccccc3)n1CC2. The molecule has 4 nitrogen and oxygen atoms in total. The molecular weight excluding hydrogens is 260 g/mol. The summed E-state index contributed by atoms with van der Waals surface area (Å²) in [5.41, 5.74) is 10.4. The Labute approximate surface area is 123 Å². The van der Waals surface area contributed by atoms with Crippen LogP contribution >= 0.6 is 0 Å². The highest BCUT2D eigenvalue weighted by Crippen LogP contribution is 2.30. The van der Waals surface area contributed by atoms with Gasteiger partial charge in [-0.1, -0.05) is 36.4 Å². The van der Waals surface area contributed by atoms with Crippen LogP contribution < -0.4 is 5.73 Å². The Bertz CT molecular complexity index is 790. The third-order valence-electron chi connectivity index (χ3n) is 4.01. The Kier molecular flexibility index (Phi) is 2.74. The monoisotopic (exact) mass is 276 g/mol. The van der Waals surface area contributed by atoms with Gasteiger partial charge in [-0.3, -0.25) is 0 Å². The smallest absolute Gasteiger partial charge is 0.164 e. The molecule has 2 aromatic carbocycles. The molecular formula is C17H16N4. The summed E-state index contributed by atoms with van der Waals surface area (Å²) in [6.07, 6.45) is 1.81. The largest absolute Gasteiger partial charge is 0.399 e. The predicted molar refractivity (Wildman–Crippen MR) is 82.8 cm³/mol. The first-order chi connectivity index (χ1) is 10.3. The summed E-state index contributed by atoms with van der Waals surface area (Å²) in [7, 11) is 0. The first kappa shape index (κ1) is 12.1. The van der Waals surface area contributed by atoms with Crippen LogP contribution in [0.25, 0.3) is 11.4 Å². The summed E-state index contributed by atoms with van der Waals surface area (Å²) < 4.78 is 2.22. The average Bonchev–Trinajstić information content (AvgIpc) is 2.92. The fourth-order valence-electron chi connectivity index (χ4n) is 2.93. The standard InChI is InChI=1S/C17H16N4/c18-14-7-6-13-8-9-21-16(10-12-4-2-1-3-5-12)19-20-17(21)15(13)11-14/h1-7,11H,8-10,18H2. The number of nitrogens with two attached hydrogens (primary N) is 1. The molecule has 0 radical (unpaired) electrons. The van der Waals surface area contributed by atoms with Gasteiger partial charge in [0.1, 0.15) is 5.82 Å². The fourth-order valence-corrected chi connectivity index (χ4v) is 2.93. The van der Waals surface area contributed by atoms with Crippen molar-refractivity contribution in [1.82, 2.24) is 14.8 Å². The highest BCUT2D eigenvalue weighted by Gasteiger charge is 2.21. The molecule has 1 aliphatic heterocycles. The van der Waals surface area contributed by atoms with E-state index in [1.54, 1.807) is 0 Å². The van der Waals surface area contributed by atoms with E-state index in [1.807, 2.05) is 18.2 Å². The third kappa shape index (κ3) is 2.09. The van der Waals surface area contributed by atoms with E-state index in [0.29, 0.717) is 0 Å². The number of nitrogen functional groups attached to an aromatic ring is 1. The minimum absolute atomic E-state index is 0.773. The van der Waals surface area contributed by atoms with Crippen molar-refractivity contribution in [3.63, 3.8) is 0 Å². The predicted octanol–water partition coefficient (Wildman–Crippen LogP) is 2.67. The minimum atomic E-state index is 0.773. The summed E-state index contributed by atoms with van der Waals surface area (Å²) in [5, 5.41) is 8.79. The number of aryl methyl sites for hydroxylation is 1. The number of rotatable bonds is 2. The van der Waals surface area contributed by atoms with E-state index < -0.39 is 0 Å². The van der Waals surface area contributed by atoms with Gasteiger partial charge in [0, 0.05) is 24.2 Å². The van der Waals surface area contributed by atoms with Crippen LogP contribution in [0.1, 0.15) is 17.0 Å². The van der Waals surface area contributed by atoms with Crippen LogP contribution in [0.4, 0.5) is 5.69 Å². The van der Waals surface area contributed by atoms with Crippen LogP contribution in [0.15, 0.2) is 48.5 Å². The Balaban J connectivity index is 1.75. The highest BCUT2D eigenvalue weighted by atomic mass is 15.3. The lowest BCUT2D eigenvalue weighted by Crippen LogP contribution is -2.14. The van der Waals surface area contributed by atoms with Gasteiger partial charge in [0.25, 0.3) is 0 Å². The molecule has 21 heavy (non-hydrogen) atoms. The highest BCUT2D eigenvalue weighted by molar-refractivity contribution is 5.67. The van der Waals surface area contributed by atoms with Gasteiger partial charge in [-0.2, -0.15) is 0 Å². The van der Waals surface area contributed by atoms with Gasteiger partial charge < -0.3 is 10.3 Å². The van der Waals surface area contributed by atoms with Crippen LogP contribution in [-0.4, -0.2) is 14.8 Å². The Morgan fingerprint density at radius 3 is 2.76 bits per heavy atom. The molecule has 0 saturated carbocycles. The molecule has 1 aromatic heterocycles. The van der Waals surface area contributed by atoms with E-state index in [9.17, 15) is 0 Å². The van der Waals surface area contributed by atoms with Gasteiger partial charge in [0.05, 0.1) is 0 Å². The second-order valence-electron chi connectivity index (χ2n) is 5.42. The van der Waals surface area contributed by atoms with Crippen molar-refractivity contribution < 1.29 is 0 Å². The second-order valence-corrected chi connectivity index (χ2v) is 5.42. The molecule has 0 bridgehead atoms. The normalized spacial score (nSPS) is 12.8. The summed E-state index contributed by atoms with van der Waals surface area (Å²) in [6.45, 7) is 0.932. The zero-order chi connectivity index (χ0) is 14.2. The zero-order valence-electron chi connectivity index (χ0n) is 11.7. The Morgan fingerprint density at radius 2 is 1.90 bits per heavy atom. The maximum Gasteiger partial charge on any atom is 0.164 e. The minimum Gasteiger partial charge on any atom is -0.399 e. The van der Waals surface area contributed by atoms with E-state index in [1.165, 1.54) is 11.1 Å². The molecule has 0 unspecified atom stereocenters. The molecule has 2 N–H and O–H groups in total. The van der Waals surface area contributed by atoms with E-state index in [2.05, 4.69) is 45.1 Å². The van der Waals surface area contributed by atoms with Crippen LogP contribution in [0, 0.1) is 0 Å². The van der Waals surface area contributed by atoms with Crippen molar-refractivity contribution in [2.75, 3.05) is 5.73 Å². The first-order valence-corrected chi connectivity index (χ1v) is 7.16. The molecule has 4 heteroatoms. The van der Waals surface area contributed by atoms with Gasteiger partial charge in [-0.05, 0) is 29.7 Å². The Morgan fingerprint density at radius 1 is 1.05 bits per heavy atom. The second kappa shape index (κ2) is 4.74. The van der Waals surface area contributed by atoms with Crippen LogP contribution in [0.2, 0.25) is 0 Å². The number of benzene rings is 2. The number of hydrogen-bond donors (Lipinski definition) is 1. The Hall–Kier alpha value is -2.62. The maximum absolute atomic E-state index is 5.91. The van der Waals surface area contributed by atoms with Crippen LogP contribution in [0.5, 0.6) is 0 Å². The lowest BCUT2D eigenvalue weighted by Gasteiger charge is -2.19. The fraction of sp³-hybridized carbons (Fsp3) is 0.176. The van der Waals surface area contributed by atoms with E-state index in [0.717, 1.165) is 42.3 Å². The van der Waals surface area contributed by atoms with E-state index in [4.69, 9.17) is 5.73 Å². The zero-order valence-corrected chi connectivity index (χ0v) is 11.7. The van der Waals surface area contributed by atoms with Gasteiger partial charge >= 0.3 is 0 Å². The van der Waals surface area contributed by atoms with Gasteiger partial charge in [-0.25, -0.2) is 0 Å². The molecule has 2 heterocycles. The number of nitrogens with zero attached hydrogens (tertiary/aromatic N) is 3. The molecule has 0 saturated heterocycles. The topological polar surface area (TPSA) is 56.7 Å². The molecule has 0 fully saturated rings. The van der Waals surface area contributed by atoms with E-state index >= 15 is 0 Å². The first-order valence-electron chi connectivity index (χ1n) is 7.16. The van der Waals surface area contributed by atoms with Gasteiger partial charge in [0.15, 0.2) is 5.82 Å². The number of hydrogen-bond acceptors (Lipinski definition) is 3. The number of fused-ring (bicyclic) bond motifs is 3. The van der Waals surface area contributed by atoms with Crippen molar-refractivity contribution in [3.05, 3.63) is 65.5 Å². The third-order valence-corrected chi connectivity index (χ3v) is 4.01. The summed E-state index contributed by atoms with van der Waals surface area (Å²) in [4.78, 5) is 0. The van der Waals surface area contributed by atoms with Crippen LogP contribution in [-0.2, 0) is 19.4 Å². The van der Waals surface area contributed by atoms with Gasteiger partial charge in [0.2, 0.25) is 0 Å². The van der Waals surface area contributed by atoms with Crippen LogP contribution in [0.3, 0.4) is 0 Å².